The monoisotopic (exact) mass is 236 g/mol. The molecule has 0 radical (unpaired) electrons. The van der Waals surface area contributed by atoms with Crippen LogP contribution >= 0.6 is 23.4 Å². The Morgan fingerprint density at radius 2 is 2.27 bits per heavy atom. The summed E-state index contributed by atoms with van der Waals surface area (Å²) in [6, 6.07) is 12.2. The van der Waals surface area contributed by atoms with Crippen molar-refractivity contribution >= 4 is 34.3 Å². The number of H-pyrrole nitrogens is 1. The van der Waals surface area contributed by atoms with Gasteiger partial charge in [0.05, 0.1) is 11.1 Å². The van der Waals surface area contributed by atoms with Gasteiger partial charge in [0.2, 0.25) is 0 Å². The second-order valence-corrected chi connectivity index (χ2v) is 4.72. The Hall–Kier alpha value is -1.11. The van der Waals surface area contributed by atoms with Gasteiger partial charge in [-0.25, -0.2) is 0 Å². The van der Waals surface area contributed by atoms with E-state index >= 15 is 0 Å². The van der Waals surface area contributed by atoms with Crippen LogP contribution in [0.5, 0.6) is 0 Å². The number of nitriles is 1. The van der Waals surface area contributed by atoms with Crippen molar-refractivity contribution in [3.8, 4) is 6.07 Å². The summed E-state index contributed by atoms with van der Waals surface area (Å²) in [5, 5.41) is 10.4. The zero-order chi connectivity index (χ0) is 10.7. The summed E-state index contributed by atoms with van der Waals surface area (Å²) in [5.74, 6) is 0.602. The third-order valence-electron chi connectivity index (χ3n) is 2.03. The molecule has 0 bridgehead atoms. The summed E-state index contributed by atoms with van der Waals surface area (Å²) < 4.78 is 0. The maximum atomic E-state index is 8.55. The van der Waals surface area contributed by atoms with Gasteiger partial charge in [-0.2, -0.15) is 5.26 Å². The normalized spacial score (nSPS) is 12.5. The van der Waals surface area contributed by atoms with E-state index in [4.69, 9.17) is 16.9 Å². The first-order valence-corrected chi connectivity index (χ1v) is 5.96. The fraction of sp³-hybridized carbons (Fsp3) is 0.182. The number of aromatic nitrogens is 1. The highest BCUT2D eigenvalue weighted by atomic mass is 35.5. The number of benzene rings is 1. The molecule has 0 spiro atoms. The van der Waals surface area contributed by atoms with E-state index in [1.165, 1.54) is 5.39 Å². The van der Waals surface area contributed by atoms with Gasteiger partial charge in [-0.3, -0.25) is 0 Å². The number of para-hydroxylation sites is 1. The lowest BCUT2D eigenvalue weighted by Gasteiger charge is -1.97. The van der Waals surface area contributed by atoms with Gasteiger partial charge in [-0.15, -0.1) is 23.4 Å². The number of rotatable bonds is 3. The van der Waals surface area contributed by atoms with Gasteiger partial charge in [0.15, 0.2) is 0 Å². The molecule has 0 aliphatic heterocycles. The van der Waals surface area contributed by atoms with E-state index in [1.54, 1.807) is 11.8 Å². The molecule has 1 aromatic carbocycles. The molecule has 4 heteroatoms. The van der Waals surface area contributed by atoms with Crippen molar-refractivity contribution in [2.45, 2.75) is 10.4 Å². The smallest absolute Gasteiger partial charge is 0.130 e. The topological polar surface area (TPSA) is 39.6 Å². The number of fused-ring (bicyclic) bond motifs is 1. The molecule has 0 aliphatic rings. The molecule has 2 aromatic rings. The summed E-state index contributed by atoms with van der Waals surface area (Å²) in [6.07, 6.45) is 0. The summed E-state index contributed by atoms with van der Waals surface area (Å²) in [6.45, 7) is 0. The Balaban J connectivity index is 2.13. The fourth-order valence-corrected chi connectivity index (χ4v) is 2.31. The molecule has 0 saturated heterocycles. The third-order valence-corrected chi connectivity index (χ3v) is 3.50. The highest BCUT2D eigenvalue weighted by Crippen LogP contribution is 2.24. The Bertz CT molecular complexity index is 468. The molecule has 2 nitrogen and oxygen atoms in total. The highest BCUT2D eigenvalue weighted by Gasteiger charge is 2.05. The van der Waals surface area contributed by atoms with Crippen LogP contribution in [0.1, 0.15) is 0 Å². The van der Waals surface area contributed by atoms with Gasteiger partial charge in [0.1, 0.15) is 5.38 Å². The Morgan fingerprint density at radius 3 is 3.00 bits per heavy atom. The minimum Gasteiger partial charge on any atom is -0.350 e. The van der Waals surface area contributed by atoms with Gasteiger partial charge < -0.3 is 4.98 Å². The molecule has 1 N–H and O–H groups in total. The average molecular weight is 237 g/mol. The highest BCUT2D eigenvalue weighted by molar-refractivity contribution is 7.99. The average Bonchev–Trinajstić information content (AvgIpc) is 2.68. The third kappa shape index (κ3) is 2.47. The maximum absolute atomic E-state index is 8.55. The first kappa shape index (κ1) is 10.4. The number of hydrogen-bond donors (Lipinski definition) is 1. The van der Waals surface area contributed by atoms with E-state index in [0.29, 0.717) is 5.75 Å². The predicted octanol–water partition coefficient (Wildman–Crippen LogP) is 3.39. The van der Waals surface area contributed by atoms with Crippen molar-refractivity contribution in [2.24, 2.45) is 0 Å². The minimum absolute atomic E-state index is 0.429. The number of alkyl halides is 1. The number of hydrogen-bond acceptors (Lipinski definition) is 2. The van der Waals surface area contributed by atoms with E-state index in [-0.39, 0.29) is 0 Å². The molecule has 1 heterocycles. The summed E-state index contributed by atoms with van der Waals surface area (Å²) in [4.78, 5) is 3.27. The van der Waals surface area contributed by atoms with E-state index in [1.807, 2.05) is 24.3 Å². The van der Waals surface area contributed by atoms with Crippen LogP contribution in [0.25, 0.3) is 10.9 Å². The Labute approximate surface area is 97.2 Å². The second-order valence-electron chi connectivity index (χ2n) is 3.13. The molecule has 1 unspecified atom stereocenters. The van der Waals surface area contributed by atoms with Crippen LogP contribution in [0.2, 0.25) is 0 Å². The van der Waals surface area contributed by atoms with Gasteiger partial charge in [-0.05, 0) is 12.1 Å². The quantitative estimate of drug-likeness (QED) is 0.656. The molecule has 0 fully saturated rings. The molecule has 0 amide bonds. The van der Waals surface area contributed by atoms with Crippen LogP contribution in [0.4, 0.5) is 0 Å². The molecule has 0 saturated carbocycles. The van der Waals surface area contributed by atoms with Gasteiger partial charge >= 0.3 is 0 Å². The molecule has 2 rings (SSSR count). The van der Waals surface area contributed by atoms with Crippen molar-refractivity contribution in [1.82, 2.24) is 4.98 Å². The lowest BCUT2D eigenvalue weighted by atomic mass is 10.3. The number of aromatic amines is 1. The first-order chi connectivity index (χ1) is 7.29. The molecule has 76 valence electrons. The lowest BCUT2D eigenvalue weighted by Crippen LogP contribution is -1.96. The van der Waals surface area contributed by atoms with Crippen LogP contribution in [0.15, 0.2) is 35.4 Å². The minimum atomic E-state index is -0.429. The van der Waals surface area contributed by atoms with E-state index in [9.17, 15) is 0 Å². The van der Waals surface area contributed by atoms with Crippen LogP contribution in [0.3, 0.4) is 0 Å². The molecular formula is C11H9ClN2S. The van der Waals surface area contributed by atoms with Crippen LogP contribution in [-0.4, -0.2) is 16.1 Å². The van der Waals surface area contributed by atoms with E-state index < -0.39 is 5.38 Å². The van der Waals surface area contributed by atoms with Gasteiger partial charge in [0, 0.05) is 16.7 Å². The van der Waals surface area contributed by atoms with Gasteiger partial charge in [-0.1, -0.05) is 18.2 Å². The molecule has 15 heavy (non-hydrogen) atoms. The Kier molecular flexibility index (Phi) is 3.20. The number of nitrogens with one attached hydrogen (secondary N) is 1. The molecular weight excluding hydrogens is 228 g/mol. The van der Waals surface area contributed by atoms with Crippen molar-refractivity contribution in [3.63, 3.8) is 0 Å². The van der Waals surface area contributed by atoms with Crippen molar-refractivity contribution in [3.05, 3.63) is 30.3 Å². The van der Waals surface area contributed by atoms with Gasteiger partial charge in [0.25, 0.3) is 0 Å². The predicted molar refractivity (Wildman–Crippen MR) is 64.3 cm³/mol. The zero-order valence-corrected chi connectivity index (χ0v) is 9.48. The first-order valence-electron chi connectivity index (χ1n) is 4.54. The summed E-state index contributed by atoms with van der Waals surface area (Å²) in [7, 11) is 0. The molecule has 0 aliphatic carbocycles. The second kappa shape index (κ2) is 4.61. The zero-order valence-electron chi connectivity index (χ0n) is 7.90. The number of halogens is 1. The molecule has 1 atom stereocenters. The lowest BCUT2D eigenvalue weighted by molar-refractivity contribution is 1.20. The van der Waals surface area contributed by atoms with E-state index in [0.717, 1.165) is 10.5 Å². The van der Waals surface area contributed by atoms with Crippen molar-refractivity contribution in [1.29, 1.82) is 5.26 Å². The molecule has 1 aromatic heterocycles. The standard InChI is InChI=1S/C11H9ClN2S/c12-9(6-13)7-15-11-5-8-3-1-2-4-10(8)14-11/h1-5,9,14H,7H2. The maximum Gasteiger partial charge on any atom is 0.130 e. The SMILES string of the molecule is N#CC(Cl)CSc1cc2ccccc2[nH]1. The van der Waals surface area contributed by atoms with Crippen molar-refractivity contribution in [2.75, 3.05) is 5.75 Å². The Morgan fingerprint density at radius 1 is 1.47 bits per heavy atom. The van der Waals surface area contributed by atoms with E-state index in [2.05, 4.69) is 17.1 Å². The number of thioether (sulfide) groups is 1. The van der Waals surface area contributed by atoms with Crippen LogP contribution in [-0.2, 0) is 0 Å². The summed E-state index contributed by atoms with van der Waals surface area (Å²) >= 11 is 7.29. The fourth-order valence-electron chi connectivity index (χ4n) is 1.32. The van der Waals surface area contributed by atoms with Crippen LogP contribution in [0, 0.1) is 11.3 Å². The largest absolute Gasteiger partial charge is 0.350 e. The summed E-state index contributed by atoms with van der Waals surface area (Å²) in [5.41, 5.74) is 1.11. The van der Waals surface area contributed by atoms with Crippen LogP contribution < -0.4 is 0 Å². The van der Waals surface area contributed by atoms with Crippen molar-refractivity contribution < 1.29 is 0 Å². The number of nitrogens with zero attached hydrogens (tertiary/aromatic N) is 1.